The van der Waals surface area contributed by atoms with Crippen LogP contribution >= 0.6 is 48.8 Å². The Morgan fingerprint density at radius 2 is 1.68 bits per heavy atom. The van der Waals surface area contributed by atoms with Crippen molar-refractivity contribution in [3.8, 4) is 5.69 Å². The Morgan fingerprint density at radius 3 is 2.32 bits per heavy atom. The van der Waals surface area contributed by atoms with Gasteiger partial charge in [0.2, 0.25) is 0 Å². The second kappa shape index (κ2) is 14.9. The summed E-state index contributed by atoms with van der Waals surface area (Å²) in [6, 6.07) is 12.0. The van der Waals surface area contributed by atoms with Crippen LogP contribution in [-0.4, -0.2) is 70.8 Å². The summed E-state index contributed by atoms with van der Waals surface area (Å²) < 4.78 is 15.1. The average molecular weight is 609 g/mol. The van der Waals surface area contributed by atoms with E-state index in [2.05, 4.69) is 26.2 Å². The molecule has 1 unspecified atom stereocenters. The van der Waals surface area contributed by atoms with Gasteiger partial charge >= 0.3 is 0 Å². The Hall–Kier alpha value is -2.07. The number of anilines is 1. The minimum absolute atomic E-state index is 0. The van der Waals surface area contributed by atoms with Crippen LogP contribution in [0.5, 0.6) is 0 Å². The van der Waals surface area contributed by atoms with Crippen LogP contribution in [-0.2, 0) is 0 Å². The van der Waals surface area contributed by atoms with E-state index >= 15 is 0 Å². The van der Waals surface area contributed by atoms with Gasteiger partial charge in [0.25, 0.3) is 5.91 Å². The number of aliphatic hydroxyl groups excluding tert-OH is 1. The zero-order valence-corrected chi connectivity index (χ0v) is 24.7. The van der Waals surface area contributed by atoms with E-state index in [9.17, 15) is 14.3 Å². The molecule has 1 aromatic heterocycles. The molecule has 2 aromatic carbocycles. The lowest BCUT2D eigenvalue weighted by molar-refractivity contribution is 0.0847. The van der Waals surface area contributed by atoms with Crippen molar-refractivity contribution >= 4 is 60.4 Å². The first-order chi connectivity index (χ1) is 16.7. The largest absolute Gasteiger partial charge is 0.390 e. The number of imidazole rings is 1. The molecule has 2 heterocycles. The molecule has 0 radical (unpaired) electrons. The highest BCUT2D eigenvalue weighted by Gasteiger charge is 2.23. The Kier molecular flexibility index (Phi) is 13.3. The van der Waals surface area contributed by atoms with Gasteiger partial charge in [0, 0.05) is 55.7 Å². The highest BCUT2D eigenvalue weighted by molar-refractivity contribution is 6.31. The number of β-amino-alcohol motifs (C(OH)–C–C–N with tert-alkyl or cyclic N) is 1. The lowest BCUT2D eigenvalue weighted by Gasteiger charge is -2.37. The topological polar surface area (TPSA) is 73.6 Å². The highest BCUT2D eigenvalue weighted by Crippen LogP contribution is 2.27. The Morgan fingerprint density at radius 1 is 1.05 bits per heavy atom. The van der Waals surface area contributed by atoms with Crippen molar-refractivity contribution in [1.29, 1.82) is 0 Å². The number of halogens is 5. The van der Waals surface area contributed by atoms with Crippen LogP contribution < -0.4 is 10.2 Å². The number of carbonyl (C=O) groups is 1. The van der Waals surface area contributed by atoms with E-state index in [1.165, 1.54) is 12.1 Å². The van der Waals surface area contributed by atoms with Crippen LogP contribution in [0.3, 0.4) is 0 Å². The van der Waals surface area contributed by atoms with E-state index in [0.717, 1.165) is 48.1 Å². The predicted molar refractivity (Wildman–Crippen MR) is 158 cm³/mol. The lowest BCUT2D eigenvalue weighted by Crippen LogP contribution is -2.50. The van der Waals surface area contributed by atoms with Crippen LogP contribution in [0.1, 0.15) is 27.6 Å². The molecule has 0 aliphatic carbocycles. The SMILES string of the molecule is Cc1c(Cl)cccc1N1CCN(CC(O)CNC(=O)c2nc(C)n(-c3ccc(F)cc3)c2C)CC1.Cl.Cl.Cl. The van der Waals surface area contributed by atoms with Gasteiger partial charge in [0.05, 0.1) is 11.8 Å². The summed E-state index contributed by atoms with van der Waals surface area (Å²) in [5, 5.41) is 14.1. The number of carbonyl (C=O) groups excluding carboxylic acids is 1. The molecule has 1 amide bonds. The zero-order chi connectivity index (χ0) is 25.1. The normalized spacial score (nSPS) is 14.1. The molecule has 1 aliphatic rings. The Bertz CT molecular complexity index is 1200. The summed E-state index contributed by atoms with van der Waals surface area (Å²) in [5.74, 6) is -0.0310. The number of amides is 1. The third-order valence-electron chi connectivity index (χ3n) is 6.49. The molecule has 0 spiro atoms. The quantitative estimate of drug-likeness (QED) is 0.404. The van der Waals surface area contributed by atoms with Gasteiger partial charge < -0.3 is 19.9 Å². The summed E-state index contributed by atoms with van der Waals surface area (Å²) in [4.78, 5) is 21.7. The first kappa shape index (κ1) is 34.0. The van der Waals surface area contributed by atoms with Crippen LogP contribution in [0.2, 0.25) is 5.02 Å². The van der Waals surface area contributed by atoms with E-state index in [1.807, 2.05) is 23.6 Å². The zero-order valence-electron chi connectivity index (χ0n) is 21.5. The van der Waals surface area contributed by atoms with Crippen molar-refractivity contribution in [3.05, 3.63) is 76.1 Å². The first-order valence-corrected chi connectivity index (χ1v) is 12.1. The number of nitrogens with zero attached hydrogens (tertiary/aromatic N) is 4. The van der Waals surface area contributed by atoms with Gasteiger partial charge in [-0.05, 0) is 62.7 Å². The molecular formula is C26H34Cl4FN5O2. The van der Waals surface area contributed by atoms with Gasteiger partial charge in [-0.2, -0.15) is 0 Å². The van der Waals surface area contributed by atoms with Crippen molar-refractivity contribution in [3.63, 3.8) is 0 Å². The predicted octanol–water partition coefficient (Wildman–Crippen LogP) is 4.77. The van der Waals surface area contributed by atoms with Crippen molar-refractivity contribution in [2.45, 2.75) is 26.9 Å². The van der Waals surface area contributed by atoms with Crippen molar-refractivity contribution in [2.75, 3.05) is 44.2 Å². The number of benzene rings is 2. The molecular weight excluding hydrogens is 575 g/mol. The second-order valence-electron chi connectivity index (χ2n) is 8.94. The van der Waals surface area contributed by atoms with E-state index in [0.29, 0.717) is 23.8 Å². The van der Waals surface area contributed by atoms with Gasteiger partial charge in [0.1, 0.15) is 17.3 Å². The molecule has 4 rings (SSSR count). The number of aryl methyl sites for hydroxylation is 1. The van der Waals surface area contributed by atoms with Gasteiger partial charge in [-0.3, -0.25) is 9.69 Å². The molecule has 1 aliphatic heterocycles. The number of aliphatic hydroxyl groups is 1. The van der Waals surface area contributed by atoms with Crippen molar-refractivity contribution in [1.82, 2.24) is 19.8 Å². The maximum Gasteiger partial charge on any atom is 0.271 e. The standard InChI is InChI=1S/C26H31ClFN5O2.3ClH/c1-17-23(27)5-4-6-24(17)32-13-11-31(12-14-32)16-22(34)15-29-26(35)25-18(2)33(19(3)30-25)21-9-7-20(28)8-10-21;;;/h4-10,22,34H,11-16H2,1-3H3,(H,29,35);3*1H. The third kappa shape index (κ3) is 7.74. The maximum absolute atomic E-state index is 13.3. The van der Waals surface area contributed by atoms with Gasteiger partial charge in [-0.25, -0.2) is 9.37 Å². The molecule has 7 nitrogen and oxygen atoms in total. The maximum atomic E-state index is 13.3. The van der Waals surface area contributed by atoms with E-state index in [1.54, 1.807) is 26.0 Å². The summed E-state index contributed by atoms with van der Waals surface area (Å²) in [5.41, 5.74) is 3.92. The summed E-state index contributed by atoms with van der Waals surface area (Å²) in [6.07, 6.45) is -0.695. The number of aromatic nitrogens is 2. The summed E-state index contributed by atoms with van der Waals surface area (Å²) >= 11 is 6.27. The molecule has 1 fully saturated rings. The van der Waals surface area contributed by atoms with Crippen LogP contribution in [0, 0.1) is 26.6 Å². The molecule has 1 atom stereocenters. The van der Waals surface area contributed by atoms with Crippen LogP contribution in [0.15, 0.2) is 42.5 Å². The van der Waals surface area contributed by atoms with E-state index < -0.39 is 6.10 Å². The summed E-state index contributed by atoms with van der Waals surface area (Å²) in [6.45, 7) is 9.57. The molecule has 38 heavy (non-hydrogen) atoms. The van der Waals surface area contributed by atoms with Crippen molar-refractivity contribution in [2.24, 2.45) is 0 Å². The average Bonchev–Trinajstić information content (AvgIpc) is 3.14. The van der Waals surface area contributed by atoms with Crippen molar-refractivity contribution < 1.29 is 14.3 Å². The minimum atomic E-state index is -0.695. The lowest BCUT2D eigenvalue weighted by atomic mass is 10.1. The molecule has 0 bridgehead atoms. The number of hydrogen-bond donors (Lipinski definition) is 2. The molecule has 1 saturated heterocycles. The fourth-order valence-electron chi connectivity index (χ4n) is 4.59. The van der Waals surface area contributed by atoms with E-state index in [-0.39, 0.29) is 55.5 Å². The minimum Gasteiger partial charge on any atom is -0.390 e. The van der Waals surface area contributed by atoms with E-state index in [4.69, 9.17) is 11.6 Å². The third-order valence-corrected chi connectivity index (χ3v) is 6.90. The molecule has 3 aromatic rings. The fraction of sp³-hybridized carbons (Fsp3) is 0.385. The number of nitrogens with one attached hydrogen (secondary N) is 1. The highest BCUT2D eigenvalue weighted by atomic mass is 35.5. The number of rotatable bonds is 7. The number of hydrogen-bond acceptors (Lipinski definition) is 5. The van der Waals surface area contributed by atoms with Crippen LogP contribution in [0.4, 0.5) is 10.1 Å². The smallest absolute Gasteiger partial charge is 0.271 e. The monoisotopic (exact) mass is 607 g/mol. The molecule has 12 heteroatoms. The second-order valence-corrected chi connectivity index (χ2v) is 9.35. The van der Waals surface area contributed by atoms with Crippen LogP contribution in [0.25, 0.3) is 5.69 Å². The van der Waals surface area contributed by atoms with Gasteiger partial charge in [-0.15, -0.1) is 37.2 Å². The van der Waals surface area contributed by atoms with Gasteiger partial charge in [0.15, 0.2) is 0 Å². The molecule has 2 N–H and O–H groups in total. The Labute approximate surface area is 246 Å². The molecule has 210 valence electrons. The fourth-order valence-corrected chi connectivity index (χ4v) is 4.76. The summed E-state index contributed by atoms with van der Waals surface area (Å²) in [7, 11) is 0. The first-order valence-electron chi connectivity index (χ1n) is 11.7. The van der Waals surface area contributed by atoms with Gasteiger partial charge in [-0.1, -0.05) is 17.7 Å². The number of piperazine rings is 1. The molecule has 0 saturated carbocycles. The Balaban J connectivity index is 0.00000241.